The molecule has 5 nitrogen and oxygen atoms in total. The maximum Gasteiger partial charge on any atom is 0.414 e. The topological polar surface area (TPSA) is 78.6 Å². The van der Waals surface area contributed by atoms with Gasteiger partial charge in [0.1, 0.15) is 0 Å². The molecule has 4 N–H and O–H groups in total. The van der Waals surface area contributed by atoms with Crippen molar-refractivity contribution < 1.29 is 9.90 Å². The van der Waals surface area contributed by atoms with Gasteiger partial charge in [-0.2, -0.15) is 0 Å². The summed E-state index contributed by atoms with van der Waals surface area (Å²) < 4.78 is 0. The van der Waals surface area contributed by atoms with Gasteiger partial charge >= 0.3 is 6.09 Å². The van der Waals surface area contributed by atoms with E-state index >= 15 is 0 Å². The molecule has 0 bridgehead atoms. The summed E-state index contributed by atoms with van der Waals surface area (Å²) in [4.78, 5) is 11.5. The number of hydrogen-bond acceptors (Lipinski definition) is 3. The molecule has 0 aromatic heterocycles. The van der Waals surface area contributed by atoms with Crippen LogP contribution in [0.15, 0.2) is 18.9 Å². The summed E-state index contributed by atoms with van der Waals surface area (Å²) in [5.74, 6) is -1.12. The van der Waals surface area contributed by atoms with E-state index in [1.54, 1.807) is 6.08 Å². The predicted octanol–water partition coefficient (Wildman–Crippen LogP) is 0.0326. The lowest BCUT2D eigenvalue weighted by molar-refractivity contribution is 0.107. The largest absolute Gasteiger partial charge is 0.465 e. The Morgan fingerprint density at radius 3 is 3.17 bits per heavy atom. The van der Waals surface area contributed by atoms with Crippen molar-refractivity contribution in [1.29, 1.82) is 0 Å². The van der Waals surface area contributed by atoms with E-state index in [2.05, 4.69) is 18.1 Å². The van der Waals surface area contributed by atoms with Crippen LogP contribution in [-0.2, 0) is 0 Å². The van der Waals surface area contributed by atoms with Crippen molar-refractivity contribution in [2.45, 2.75) is 12.2 Å². The smallest absolute Gasteiger partial charge is 0.414 e. The Balaban J connectivity index is 2.78. The molecule has 65 valence electrons. The van der Waals surface area contributed by atoms with Gasteiger partial charge in [0.25, 0.3) is 0 Å². The molecule has 0 saturated heterocycles. The molecular formula is C7H10N3O2. The number of hydrogen-bond donors (Lipinski definition) is 3. The molecule has 1 aliphatic rings. The highest BCUT2D eigenvalue weighted by atomic mass is 16.4. The minimum Gasteiger partial charge on any atom is -0.465 e. The van der Waals surface area contributed by atoms with Crippen molar-refractivity contribution in [3.63, 3.8) is 0 Å². The first kappa shape index (κ1) is 8.61. The number of amides is 1. The second kappa shape index (κ2) is 2.86. The Bertz CT molecular complexity index is 239. The number of carbonyl (C=O) groups is 1. The summed E-state index contributed by atoms with van der Waals surface area (Å²) >= 11 is 0. The third kappa shape index (κ3) is 1.26. The lowest BCUT2D eigenvalue weighted by atomic mass is 10.2. The maximum atomic E-state index is 10.6. The monoisotopic (exact) mass is 168 g/mol. The molecule has 0 aliphatic carbocycles. The Labute approximate surface area is 70.1 Å². The van der Waals surface area contributed by atoms with E-state index in [0.717, 1.165) is 4.90 Å². The van der Waals surface area contributed by atoms with Crippen LogP contribution in [0.3, 0.4) is 0 Å². The number of nitrogens with one attached hydrogen (secondary N) is 1. The van der Waals surface area contributed by atoms with Crippen molar-refractivity contribution >= 4 is 6.09 Å². The maximum absolute atomic E-state index is 10.6. The lowest BCUT2D eigenvalue weighted by Gasteiger charge is -2.30. The molecule has 0 aromatic rings. The molecule has 0 saturated carbocycles. The SMILES string of the molecule is C=CCC1(N)NC=[C]N1C(=O)O. The van der Waals surface area contributed by atoms with Crippen molar-refractivity contribution in [3.8, 4) is 0 Å². The fourth-order valence-electron chi connectivity index (χ4n) is 0.998. The van der Waals surface area contributed by atoms with Gasteiger partial charge < -0.3 is 10.4 Å². The highest BCUT2D eigenvalue weighted by molar-refractivity contribution is 5.67. The zero-order chi connectivity index (χ0) is 9.19. The zero-order valence-electron chi connectivity index (χ0n) is 6.45. The van der Waals surface area contributed by atoms with Gasteiger partial charge in [0.2, 0.25) is 0 Å². The Morgan fingerprint density at radius 1 is 2.00 bits per heavy atom. The average molecular weight is 168 g/mol. The Kier molecular flexibility index (Phi) is 2.05. The molecule has 1 amide bonds. The third-order valence-corrected chi connectivity index (χ3v) is 1.56. The van der Waals surface area contributed by atoms with Gasteiger partial charge in [-0.15, -0.1) is 6.58 Å². The molecule has 5 heteroatoms. The van der Waals surface area contributed by atoms with Crippen molar-refractivity contribution in [1.82, 2.24) is 10.2 Å². The fraction of sp³-hybridized carbons (Fsp3) is 0.286. The second-order valence-corrected chi connectivity index (χ2v) is 2.45. The summed E-state index contributed by atoms with van der Waals surface area (Å²) in [6.45, 7) is 3.48. The lowest BCUT2D eigenvalue weighted by Crippen LogP contribution is -2.60. The van der Waals surface area contributed by atoms with Crippen LogP contribution in [0.25, 0.3) is 0 Å². The average Bonchev–Trinajstić information content (AvgIpc) is 2.32. The van der Waals surface area contributed by atoms with Gasteiger partial charge in [0.05, 0.1) is 6.20 Å². The second-order valence-electron chi connectivity index (χ2n) is 2.45. The molecular weight excluding hydrogens is 158 g/mol. The van der Waals surface area contributed by atoms with Crippen LogP contribution in [-0.4, -0.2) is 21.9 Å². The van der Waals surface area contributed by atoms with E-state index in [9.17, 15) is 4.79 Å². The first-order valence-corrected chi connectivity index (χ1v) is 3.38. The normalized spacial score (nSPS) is 26.9. The van der Waals surface area contributed by atoms with Crippen LogP contribution < -0.4 is 11.1 Å². The summed E-state index contributed by atoms with van der Waals surface area (Å²) in [5, 5.41) is 11.3. The van der Waals surface area contributed by atoms with E-state index in [1.165, 1.54) is 6.20 Å². The Hall–Kier alpha value is -1.49. The van der Waals surface area contributed by atoms with Gasteiger partial charge in [0.15, 0.2) is 5.79 Å². The number of nitrogens with zero attached hydrogens (tertiary/aromatic N) is 1. The van der Waals surface area contributed by atoms with Crippen LogP contribution in [0.2, 0.25) is 0 Å². The molecule has 1 radical (unpaired) electrons. The summed E-state index contributed by atoms with van der Waals surface area (Å²) in [6.07, 6.45) is 4.56. The van der Waals surface area contributed by atoms with Crippen LogP contribution in [0, 0.1) is 6.20 Å². The van der Waals surface area contributed by atoms with E-state index in [-0.39, 0.29) is 0 Å². The zero-order valence-corrected chi connectivity index (χ0v) is 6.45. The van der Waals surface area contributed by atoms with Crippen molar-refractivity contribution in [2.75, 3.05) is 0 Å². The third-order valence-electron chi connectivity index (χ3n) is 1.56. The first-order valence-electron chi connectivity index (χ1n) is 3.38. The first-order chi connectivity index (χ1) is 5.60. The molecule has 1 atom stereocenters. The van der Waals surface area contributed by atoms with E-state index in [1.807, 2.05) is 0 Å². The minimum absolute atomic E-state index is 0.322. The Morgan fingerprint density at radius 2 is 2.67 bits per heavy atom. The van der Waals surface area contributed by atoms with Crippen LogP contribution >= 0.6 is 0 Å². The van der Waals surface area contributed by atoms with Gasteiger partial charge in [-0.25, -0.2) is 9.69 Å². The molecule has 0 spiro atoms. The highest BCUT2D eigenvalue weighted by Gasteiger charge is 2.36. The summed E-state index contributed by atoms with van der Waals surface area (Å²) in [7, 11) is 0. The van der Waals surface area contributed by atoms with Gasteiger partial charge in [-0.05, 0) is 0 Å². The standard InChI is InChI=1S/C7H10N3O2/c1-2-3-7(8)9-4-5-10(7)6(11)12/h2,4,9H,1,3,8H2,(H,11,12). The van der Waals surface area contributed by atoms with E-state index < -0.39 is 11.9 Å². The van der Waals surface area contributed by atoms with E-state index in [0.29, 0.717) is 6.42 Å². The number of rotatable bonds is 2. The molecule has 1 aliphatic heterocycles. The molecule has 0 fully saturated rings. The minimum atomic E-state index is -1.14. The fourth-order valence-corrected chi connectivity index (χ4v) is 0.998. The van der Waals surface area contributed by atoms with Gasteiger partial charge in [-0.3, -0.25) is 5.73 Å². The summed E-state index contributed by atoms with van der Waals surface area (Å²) in [6, 6.07) is 0. The van der Waals surface area contributed by atoms with Crippen molar-refractivity contribution in [2.24, 2.45) is 5.73 Å². The molecule has 1 unspecified atom stereocenters. The van der Waals surface area contributed by atoms with Gasteiger partial charge in [-0.1, -0.05) is 6.08 Å². The molecule has 0 aromatic carbocycles. The number of carboxylic acid groups (broad SMARTS) is 1. The van der Waals surface area contributed by atoms with Crippen LogP contribution in [0.5, 0.6) is 0 Å². The molecule has 12 heavy (non-hydrogen) atoms. The van der Waals surface area contributed by atoms with E-state index in [4.69, 9.17) is 10.8 Å². The molecule has 1 rings (SSSR count). The van der Waals surface area contributed by atoms with Gasteiger partial charge in [0, 0.05) is 12.6 Å². The quantitative estimate of drug-likeness (QED) is 0.508. The molecule has 1 heterocycles. The number of nitrogens with two attached hydrogens (primary N) is 1. The van der Waals surface area contributed by atoms with Crippen LogP contribution in [0.4, 0.5) is 4.79 Å². The predicted molar refractivity (Wildman–Crippen MR) is 42.5 cm³/mol. The summed E-state index contributed by atoms with van der Waals surface area (Å²) in [5.41, 5.74) is 5.68. The van der Waals surface area contributed by atoms with Crippen molar-refractivity contribution in [3.05, 3.63) is 25.1 Å². The van der Waals surface area contributed by atoms with Crippen LogP contribution in [0.1, 0.15) is 6.42 Å². The highest BCUT2D eigenvalue weighted by Crippen LogP contribution is 2.15.